The van der Waals surface area contributed by atoms with Crippen molar-refractivity contribution >= 4 is 5.91 Å². The molecule has 3 heterocycles. The van der Waals surface area contributed by atoms with E-state index in [0.717, 1.165) is 43.7 Å². The van der Waals surface area contributed by atoms with Gasteiger partial charge in [-0.1, -0.05) is 6.07 Å². The van der Waals surface area contributed by atoms with E-state index in [0.29, 0.717) is 12.3 Å². The van der Waals surface area contributed by atoms with Gasteiger partial charge in [0.05, 0.1) is 6.20 Å². The average molecular weight is 326 g/mol. The molecule has 3 rings (SSSR count). The van der Waals surface area contributed by atoms with Gasteiger partial charge in [0.15, 0.2) is 0 Å². The number of pyridine rings is 1. The summed E-state index contributed by atoms with van der Waals surface area (Å²) in [6.07, 6.45) is 8.31. The van der Waals surface area contributed by atoms with Crippen molar-refractivity contribution in [3.8, 4) is 0 Å². The van der Waals surface area contributed by atoms with E-state index in [1.807, 2.05) is 41.2 Å². The van der Waals surface area contributed by atoms with Crippen LogP contribution >= 0.6 is 0 Å². The molecule has 5 nitrogen and oxygen atoms in total. The molecule has 0 N–H and O–H groups in total. The molecule has 1 fully saturated rings. The SMILES string of the molecule is Cc1c(CCC(=O)N2CCCC(Cc3ccccn3)C2)cnn1C. The molecule has 1 amide bonds. The molecule has 1 unspecified atom stereocenters. The number of piperidine rings is 1. The highest BCUT2D eigenvalue weighted by Gasteiger charge is 2.24. The highest BCUT2D eigenvalue weighted by molar-refractivity contribution is 5.76. The Hall–Kier alpha value is -2.17. The molecule has 1 aliphatic rings. The summed E-state index contributed by atoms with van der Waals surface area (Å²) in [5.74, 6) is 0.793. The van der Waals surface area contributed by atoms with Crippen LogP contribution in [0.3, 0.4) is 0 Å². The second-order valence-corrected chi connectivity index (χ2v) is 6.75. The Bertz CT molecular complexity index is 680. The predicted molar refractivity (Wildman–Crippen MR) is 93.5 cm³/mol. The molecule has 24 heavy (non-hydrogen) atoms. The zero-order chi connectivity index (χ0) is 16.9. The zero-order valence-electron chi connectivity index (χ0n) is 14.6. The van der Waals surface area contributed by atoms with Crippen LogP contribution < -0.4 is 0 Å². The van der Waals surface area contributed by atoms with Crippen molar-refractivity contribution in [2.75, 3.05) is 13.1 Å². The molecule has 128 valence electrons. The van der Waals surface area contributed by atoms with E-state index >= 15 is 0 Å². The molecule has 2 aromatic rings. The maximum absolute atomic E-state index is 12.6. The van der Waals surface area contributed by atoms with Gasteiger partial charge in [0.1, 0.15) is 0 Å². The average Bonchev–Trinajstić information content (AvgIpc) is 2.93. The summed E-state index contributed by atoms with van der Waals surface area (Å²) in [5, 5.41) is 4.25. The monoisotopic (exact) mass is 326 g/mol. The lowest BCUT2D eigenvalue weighted by atomic mass is 9.93. The van der Waals surface area contributed by atoms with E-state index < -0.39 is 0 Å². The summed E-state index contributed by atoms with van der Waals surface area (Å²) in [7, 11) is 1.94. The van der Waals surface area contributed by atoms with Gasteiger partial charge in [0.25, 0.3) is 0 Å². The molecule has 2 aromatic heterocycles. The first kappa shape index (κ1) is 16.7. The van der Waals surface area contributed by atoms with Crippen molar-refractivity contribution in [2.45, 2.75) is 39.0 Å². The van der Waals surface area contributed by atoms with Crippen LogP contribution in [0, 0.1) is 12.8 Å². The van der Waals surface area contributed by atoms with Crippen LogP contribution in [0.1, 0.15) is 36.2 Å². The lowest BCUT2D eigenvalue weighted by Gasteiger charge is -2.32. The minimum absolute atomic E-state index is 0.268. The van der Waals surface area contributed by atoms with E-state index in [1.54, 1.807) is 0 Å². The Balaban J connectivity index is 1.52. The third kappa shape index (κ3) is 4.02. The third-order valence-corrected chi connectivity index (χ3v) is 5.04. The summed E-state index contributed by atoms with van der Waals surface area (Å²) >= 11 is 0. The van der Waals surface area contributed by atoms with E-state index in [9.17, 15) is 4.79 Å². The van der Waals surface area contributed by atoms with Crippen LogP contribution in [0.4, 0.5) is 0 Å². The number of carbonyl (C=O) groups excluding carboxylic acids is 1. The minimum atomic E-state index is 0.268. The van der Waals surface area contributed by atoms with Gasteiger partial charge in [-0.3, -0.25) is 14.5 Å². The Morgan fingerprint density at radius 3 is 2.96 bits per heavy atom. The fraction of sp³-hybridized carbons (Fsp3) is 0.526. The van der Waals surface area contributed by atoms with Gasteiger partial charge in [-0.15, -0.1) is 0 Å². The fourth-order valence-corrected chi connectivity index (χ4v) is 3.46. The lowest BCUT2D eigenvalue weighted by molar-refractivity contribution is -0.133. The molecule has 0 aliphatic carbocycles. The van der Waals surface area contributed by atoms with Crippen LogP contribution in [-0.2, 0) is 24.7 Å². The summed E-state index contributed by atoms with van der Waals surface area (Å²) in [6.45, 7) is 3.81. The van der Waals surface area contributed by atoms with Crippen molar-refractivity contribution in [1.29, 1.82) is 0 Å². The number of hydrogen-bond donors (Lipinski definition) is 0. The second kappa shape index (κ2) is 7.60. The van der Waals surface area contributed by atoms with Crippen molar-refractivity contribution in [2.24, 2.45) is 13.0 Å². The van der Waals surface area contributed by atoms with Crippen LogP contribution in [0.25, 0.3) is 0 Å². The van der Waals surface area contributed by atoms with Crippen molar-refractivity contribution in [3.05, 3.63) is 47.5 Å². The maximum Gasteiger partial charge on any atom is 0.222 e. The molecule has 1 aliphatic heterocycles. The molecule has 1 atom stereocenters. The van der Waals surface area contributed by atoms with Gasteiger partial charge in [-0.25, -0.2) is 0 Å². The first-order valence-corrected chi connectivity index (χ1v) is 8.78. The number of rotatable bonds is 5. The molecule has 0 aromatic carbocycles. The minimum Gasteiger partial charge on any atom is -0.342 e. The quantitative estimate of drug-likeness (QED) is 0.848. The smallest absolute Gasteiger partial charge is 0.222 e. The van der Waals surface area contributed by atoms with E-state index in [2.05, 4.69) is 23.1 Å². The first-order valence-electron chi connectivity index (χ1n) is 8.78. The largest absolute Gasteiger partial charge is 0.342 e. The van der Waals surface area contributed by atoms with Crippen LogP contribution in [-0.4, -0.2) is 38.7 Å². The summed E-state index contributed by atoms with van der Waals surface area (Å²) < 4.78 is 1.86. The summed E-state index contributed by atoms with van der Waals surface area (Å²) in [4.78, 5) is 19.0. The Morgan fingerprint density at radius 1 is 1.38 bits per heavy atom. The number of aryl methyl sites for hydroxylation is 2. The fourth-order valence-electron chi connectivity index (χ4n) is 3.46. The predicted octanol–water partition coefficient (Wildman–Crippen LogP) is 2.54. The van der Waals surface area contributed by atoms with Crippen LogP contribution in [0.5, 0.6) is 0 Å². The normalized spacial score (nSPS) is 17.9. The van der Waals surface area contributed by atoms with E-state index in [4.69, 9.17) is 0 Å². The molecule has 0 radical (unpaired) electrons. The number of carbonyl (C=O) groups is 1. The highest BCUT2D eigenvalue weighted by atomic mass is 16.2. The molecule has 0 saturated carbocycles. The molecule has 1 saturated heterocycles. The van der Waals surface area contributed by atoms with Gasteiger partial charge in [0, 0.05) is 44.1 Å². The number of likely N-dealkylation sites (tertiary alicyclic amines) is 1. The van der Waals surface area contributed by atoms with Crippen molar-refractivity contribution < 1.29 is 4.79 Å². The lowest BCUT2D eigenvalue weighted by Crippen LogP contribution is -2.40. The topological polar surface area (TPSA) is 51.0 Å². The third-order valence-electron chi connectivity index (χ3n) is 5.04. The number of nitrogens with zero attached hydrogens (tertiary/aromatic N) is 4. The summed E-state index contributed by atoms with van der Waals surface area (Å²) in [5.41, 5.74) is 3.45. The first-order chi connectivity index (χ1) is 11.6. The summed E-state index contributed by atoms with van der Waals surface area (Å²) in [6, 6.07) is 6.05. The van der Waals surface area contributed by atoms with Gasteiger partial charge in [-0.05, 0) is 56.2 Å². The van der Waals surface area contributed by atoms with Crippen LogP contribution in [0.15, 0.2) is 30.6 Å². The Morgan fingerprint density at radius 2 is 2.25 bits per heavy atom. The van der Waals surface area contributed by atoms with Gasteiger partial charge < -0.3 is 4.90 Å². The van der Waals surface area contributed by atoms with E-state index in [-0.39, 0.29) is 5.91 Å². The van der Waals surface area contributed by atoms with Gasteiger partial charge in [0.2, 0.25) is 5.91 Å². The van der Waals surface area contributed by atoms with Gasteiger partial charge in [-0.2, -0.15) is 5.10 Å². The van der Waals surface area contributed by atoms with Crippen molar-refractivity contribution in [3.63, 3.8) is 0 Å². The molecular formula is C19H26N4O. The standard InChI is InChI=1S/C19H26N4O/c1-15-17(13-21-22(15)2)8-9-19(24)23-11-5-6-16(14-23)12-18-7-3-4-10-20-18/h3-4,7,10,13,16H,5-6,8-9,11-12,14H2,1-2H3. The molecule has 0 bridgehead atoms. The van der Waals surface area contributed by atoms with Crippen molar-refractivity contribution in [1.82, 2.24) is 19.7 Å². The maximum atomic E-state index is 12.6. The molecular weight excluding hydrogens is 300 g/mol. The second-order valence-electron chi connectivity index (χ2n) is 6.75. The zero-order valence-corrected chi connectivity index (χ0v) is 14.6. The van der Waals surface area contributed by atoms with E-state index in [1.165, 1.54) is 12.0 Å². The Labute approximate surface area is 143 Å². The van der Waals surface area contributed by atoms with Crippen LogP contribution in [0.2, 0.25) is 0 Å². The van der Waals surface area contributed by atoms with Gasteiger partial charge >= 0.3 is 0 Å². The number of amides is 1. The molecule has 5 heteroatoms. The number of aromatic nitrogens is 3. The molecule has 0 spiro atoms. The highest BCUT2D eigenvalue weighted by Crippen LogP contribution is 2.21. The Kier molecular flexibility index (Phi) is 5.28. The number of hydrogen-bond acceptors (Lipinski definition) is 3.